The highest BCUT2D eigenvalue weighted by Gasteiger charge is 2.05. The zero-order chi connectivity index (χ0) is 14.3. The van der Waals surface area contributed by atoms with Crippen LogP contribution in [0.4, 0.5) is 8.78 Å². The molecule has 0 amide bonds. The van der Waals surface area contributed by atoms with Crippen LogP contribution in [0.3, 0.4) is 0 Å². The van der Waals surface area contributed by atoms with E-state index in [1.165, 1.54) is 6.20 Å². The fourth-order valence-electron chi connectivity index (χ4n) is 1.29. The Morgan fingerprint density at radius 3 is 2.89 bits per heavy atom. The minimum Gasteiger partial charge on any atom is -0.472 e. The van der Waals surface area contributed by atoms with Crippen LogP contribution in [-0.2, 0) is 6.54 Å². The molecule has 0 unspecified atom stereocenters. The van der Waals surface area contributed by atoms with Crippen LogP contribution in [0.1, 0.15) is 19.4 Å². The summed E-state index contributed by atoms with van der Waals surface area (Å²) in [4.78, 5) is 7.96. The molecule has 7 heteroatoms. The van der Waals surface area contributed by atoms with Crippen molar-refractivity contribution in [3.63, 3.8) is 0 Å². The normalized spacial score (nSPS) is 12.0. The third kappa shape index (κ3) is 6.54. The third-order valence-electron chi connectivity index (χ3n) is 2.02. The molecule has 0 aromatic carbocycles. The lowest BCUT2D eigenvalue weighted by Gasteiger charge is -2.09. The molecule has 0 aliphatic carbocycles. The molecule has 0 saturated heterocycles. The summed E-state index contributed by atoms with van der Waals surface area (Å²) in [5, 5.41) is 2.95. The molecule has 0 saturated carbocycles. The summed E-state index contributed by atoms with van der Waals surface area (Å²) in [5.41, 5.74) is 6.44. The zero-order valence-electron chi connectivity index (χ0n) is 10.9. The first kappa shape index (κ1) is 15.1. The summed E-state index contributed by atoms with van der Waals surface area (Å²) in [7, 11) is 0. The lowest BCUT2D eigenvalue weighted by molar-refractivity contribution is 0.0795. The summed E-state index contributed by atoms with van der Waals surface area (Å²) in [6.45, 7) is 3.56. The predicted octanol–water partition coefficient (Wildman–Crippen LogP) is 1.54. The standard InChI is InChI=1S/C12H18F2N4O/c1-8(2)18-12(15)17-6-9-3-4-16-11(5-9)19-7-10(13)14/h3-5,8,10H,6-7H2,1-2H3,(H3,15,17,18). The van der Waals surface area contributed by atoms with E-state index in [1.54, 1.807) is 12.1 Å². The maximum absolute atomic E-state index is 12.0. The molecular weight excluding hydrogens is 254 g/mol. The molecule has 0 radical (unpaired) electrons. The molecule has 0 fully saturated rings. The smallest absolute Gasteiger partial charge is 0.272 e. The van der Waals surface area contributed by atoms with Gasteiger partial charge in [0.2, 0.25) is 5.88 Å². The highest BCUT2D eigenvalue weighted by atomic mass is 19.3. The van der Waals surface area contributed by atoms with E-state index in [-0.39, 0.29) is 11.9 Å². The first-order valence-corrected chi connectivity index (χ1v) is 5.89. The van der Waals surface area contributed by atoms with Crippen molar-refractivity contribution in [3.05, 3.63) is 23.9 Å². The van der Waals surface area contributed by atoms with E-state index in [4.69, 9.17) is 10.5 Å². The molecule has 3 N–H and O–H groups in total. The first-order chi connectivity index (χ1) is 8.97. The van der Waals surface area contributed by atoms with Crippen LogP contribution in [0, 0.1) is 0 Å². The number of halogens is 2. The second-order valence-electron chi connectivity index (χ2n) is 4.20. The Kier molecular flexibility index (Phi) is 5.98. The lowest BCUT2D eigenvalue weighted by atomic mass is 10.3. The Bertz CT molecular complexity index is 424. The number of nitrogens with two attached hydrogens (primary N) is 1. The molecule has 0 atom stereocenters. The highest BCUT2D eigenvalue weighted by molar-refractivity contribution is 5.78. The Balaban J connectivity index is 2.57. The minimum atomic E-state index is -2.52. The van der Waals surface area contributed by atoms with E-state index < -0.39 is 13.0 Å². The fraction of sp³-hybridized carbons (Fsp3) is 0.500. The molecule has 0 aliphatic heterocycles. The molecule has 5 nitrogen and oxygen atoms in total. The summed E-state index contributed by atoms with van der Waals surface area (Å²) in [6.07, 6.45) is -1.04. The number of aliphatic imine (C=N–C) groups is 1. The van der Waals surface area contributed by atoms with Gasteiger partial charge < -0.3 is 15.8 Å². The number of hydrogen-bond acceptors (Lipinski definition) is 3. The number of aromatic nitrogens is 1. The topological polar surface area (TPSA) is 72.5 Å². The van der Waals surface area contributed by atoms with Crippen molar-refractivity contribution < 1.29 is 13.5 Å². The molecule has 19 heavy (non-hydrogen) atoms. The van der Waals surface area contributed by atoms with Gasteiger partial charge in [-0.1, -0.05) is 0 Å². The van der Waals surface area contributed by atoms with Crippen LogP contribution in [0.5, 0.6) is 5.88 Å². The van der Waals surface area contributed by atoms with Crippen molar-refractivity contribution in [1.29, 1.82) is 0 Å². The van der Waals surface area contributed by atoms with Crippen molar-refractivity contribution in [2.45, 2.75) is 32.9 Å². The van der Waals surface area contributed by atoms with Gasteiger partial charge in [-0.3, -0.25) is 0 Å². The molecule has 0 aliphatic rings. The molecule has 106 valence electrons. The number of pyridine rings is 1. The van der Waals surface area contributed by atoms with Gasteiger partial charge in [-0.25, -0.2) is 18.8 Å². The monoisotopic (exact) mass is 272 g/mol. The van der Waals surface area contributed by atoms with Gasteiger partial charge in [0, 0.05) is 18.3 Å². The van der Waals surface area contributed by atoms with Crippen LogP contribution in [0.25, 0.3) is 0 Å². The van der Waals surface area contributed by atoms with Crippen LogP contribution >= 0.6 is 0 Å². The van der Waals surface area contributed by atoms with Crippen molar-refractivity contribution in [2.24, 2.45) is 10.7 Å². The first-order valence-electron chi connectivity index (χ1n) is 5.89. The Morgan fingerprint density at radius 2 is 2.26 bits per heavy atom. The highest BCUT2D eigenvalue weighted by Crippen LogP contribution is 2.11. The van der Waals surface area contributed by atoms with Gasteiger partial charge in [0.05, 0.1) is 6.54 Å². The number of rotatable bonds is 6. The summed E-state index contributed by atoms with van der Waals surface area (Å²) in [6, 6.07) is 3.49. The second-order valence-corrected chi connectivity index (χ2v) is 4.20. The van der Waals surface area contributed by atoms with Gasteiger partial charge in [0.1, 0.15) is 0 Å². The van der Waals surface area contributed by atoms with E-state index in [0.717, 1.165) is 5.56 Å². The number of hydrogen-bond donors (Lipinski definition) is 2. The van der Waals surface area contributed by atoms with Gasteiger partial charge in [0.25, 0.3) is 6.43 Å². The minimum absolute atomic E-state index is 0.156. The van der Waals surface area contributed by atoms with Crippen molar-refractivity contribution >= 4 is 5.96 Å². The van der Waals surface area contributed by atoms with Gasteiger partial charge in [-0.2, -0.15) is 0 Å². The lowest BCUT2D eigenvalue weighted by Crippen LogP contribution is -2.36. The number of nitrogens with one attached hydrogen (secondary N) is 1. The third-order valence-corrected chi connectivity index (χ3v) is 2.02. The van der Waals surface area contributed by atoms with E-state index in [1.807, 2.05) is 13.8 Å². The van der Waals surface area contributed by atoms with Gasteiger partial charge in [-0.15, -0.1) is 0 Å². The maximum atomic E-state index is 12.0. The average molecular weight is 272 g/mol. The molecule has 0 spiro atoms. The molecular formula is C12H18F2N4O. The van der Waals surface area contributed by atoms with Gasteiger partial charge in [0.15, 0.2) is 12.6 Å². The largest absolute Gasteiger partial charge is 0.472 e. The molecule has 1 aromatic heterocycles. The number of alkyl halides is 2. The van der Waals surface area contributed by atoms with Gasteiger partial charge >= 0.3 is 0 Å². The van der Waals surface area contributed by atoms with E-state index in [9.17, 15) is 8.78 Å². The zero-order valence-corrected chi connectivity index (χ0v) is 10.9. The SMILES string of the molecule is CC(C)NC(N)=NCc1ccnc(OCC(F)F)c1. The van der Waals surface area contributed by atoms with E-state index in [0.29, 0.717) is 12.5 Å². The quantitative estimate of drug-likeness (QED) is 0.608. The molecule has 1 rings (SSSR count). The Morgan fingerprint density at radius 1 is 1.53 bits per heavy atom. The fourth-order valence-corrected chi connectivity index (χ4v) is 1.29. The van der Waals surface area contributed by atoms with Crippen molar-refractivity contribution in [1.82, 2.24) is 10.3 Å². The maximum Gasteiger partial charge on any atom is 0.272 e. The van der Waals surface area contributed by atoms with E-state index in [2.05, 4.69) is 15.3 Å². The molecule has 0 bridgehead atoms. The average Bonchev–Trinajstić information content (AvgIpc) is 2.34. The van der Waals surface area contributed by atoms with Crippen LogP contribution in [0.15, 0.2) is 23.3 Å². The van der Waals surface area contributed by atoms with Crippen molar-refractivity contribution in [2.75, 3.05) is 6.61 Å². The predicted molar refractivity (Wildman–Crippen MR) is 69.3 cm³/mol. The number of guanidine groups is 1. The summed E-state index contributed by atoms with van der Waals surface area (Å²) in [5.74, 6) is 0.491. The van der Waals surface area contributed by atoms with Gasteiger partial charge in [-0.05, 0) is 25.5 Å². The van der Waals surface area contributed by atoms with Crippen LogP contribution in [-0.4, -0.2) is 30.0 Å². The molecule has 1 heterocycles. The molecule has 1 aromatic rings. The Hall–Kier alpha value is -1.92. The van der Waals surface area contributed by atoms with E-state index >= 15 is 0 Å². The van der Waals surface area contributed by atoms with Crippen LogP contribution in [0.2, 0.25) is 0 Å². The number of nitrogens with zero attached hydrogens (tertiary/aromatic N) is 2. The summed E-state index contributed by atoms with van der Waals surface area (Å²) >= 11 is 0. The summed E-state index contributed by atoms with van der Waals surface area (Å²) < 4.78 is 28.8. The Labute approximate surface area is 110 Å². The van der Waals surface area contributed by atoms with Crippen LogP contribution < -0.4 is 15.8 Å². The number of ether oxygens (including phenoxy) is 1. The second kappa shape index (κ2) is 7.50. The van der Waals surface area contributed by atoms with Crippen molar-refractivity contribution in [3.8, 4) is 5.88 Å².